The van der Waals surface area contributed by atoms with Gasteiger partial charge in [-0.2, -0.15) is 0 Å². The summed E-state index contributed by atoms with van der Waals surface area (Å²) < 4.78 is 0. The average molecular weight is 261 g/mol. The molecule has 6 heteroatoms. The number of aromatic amines is 1. The van der Waals surface area contributed by atoms with Crippen molar-refractivity contribution in [2.45, 2.75) is 10.9 Å². The third-order valence-corrected chi connectivity index (χ3v) is 3.14. The summed E-state index contributed by atoms with van der Waals surface area (Å²) in [7, 11) is 0. The minimum Gasteiger partial charge on any atom is -0.364 e. The lowest BCUT2D eigenvalue weighted by Gasteiger charge is -2.02. The van der Waals surface area contributed by atoms with Crippen molar-refractivity contribution >= 4 is 17.7 Å². The van der Waals surface area contributed by atoms with E-state index in [1.165, 1.54) is 11.8 Å². The molecule has 92 valence electrons. The summed E-state index contributed by atoms with van der Waals surface area (Å²) >= 11 is 1.34. The molecule has 0 radical (unpaired) electrons. The van der Waals surface area contributed by atoms with Gasteiger partial charge in [0.05, 0.1) is 0 Å². The Hall–Kier alpha value is -2.08. The molecule has 2 aromatic rings. The molecule has 0 saturated heterocycles. The van der Waals surface area contributed by atoms with Crippen molar-refractivity contribution in [2.75, 3.05) is 0 Å². The molecule has 0 bridgehead atoms. The fourth-order valence-corrected chi connectivity index (χ4v) is 2.19. The predicted molar refractivity (Wildman–Crippen MR) is 69.4 cm³/mol. The maximum Gasteiger partial charge on any atom is 0.267 e. The summed E-state index contributed by atoms with van der Waals surface area (Å²) in [6.07, 6.45) is 0. The summed E-state index contributed by atoms with van der Waals surface area (Å²) in [5, 5.41) is 0.389. The Morgan fingerprint density at radius 1 is 1.33 bits per heavy atom. The van der Waals surface area contributed by atoms with Crippen LogP contribution in [0, 0.1) is 0 Å². The Morgan fingerprint density at radius 2 is 2.06 bits per heavy atom. The second kappa shape index (κ2) is 5.50. The first-order chi connectivity index (χ1) is 8.65. The van der Waals surface area contributed by atoms with Crippen LogP contribution in [0.4, 0.5) is 0 Å². The van der Waals surface area contributed by atoms with Crippen molar-refractivity contribution in [1.82, 2.24) is 9.97 Å². The molecule has 0 aliphatic carbocycles. The minimum atomic E-state index is -0.706. The molecule has 1 aromatic carbocycles. The largest absolute Gasteiger partial charge is 0.364 e. The van der Waals surface area contributed by atoms with Crippen LogP contribution in [0.25, 0.3) is 0 Å². The smallest absolute Gasteiger partial charge is 0.267 e. The molecule has 1 heterocycles. The van der Waals surface area contributed by atoms with E-state index in [2.05, 4.69) is 9.97 Å². The van der Waals surface area contributed by atoms with Gasteiger partial charge in [-0.15, -0.1) is 0 Å². The van der Waals surface area contributed by atoms with Crippen LogP contribution < -0.4 is 11.3 Å². The Kier molecular flexibility index (Phi) is 3.78. The molecule has 0 fully saturated rings. The number of carbonyl (C=O) groups excluding carboxylic acids is 1. The zero-order chi connectivity index (χ0) is 13.0. The summed E-state index contributed by atoms with van der Waals surface area (Å²) in [5.41, 5.74) is 5.80. The molecule has 0 atom stereocenters. The third kappa shape index (κ3) is 3.21. The standard InChI is InChI=1S/C12H11N3O2S/c13-11(17)9-6-10(16)15-12(14-9)18-7-8-4-2-1-3-5-8/h1-6H,7H2,(H2,13,17)(H,14,15,16). The van der Waals surface area contributed by atoms with Gasteiger partial charge in [-0.25, -0.2) is 4.98 Å². The van der Waals surface area contributed by atoms with Crippen molar-refractivity contribution in [2.24, 2.45) is 5.73 Å². The highest BCUT2D eigenvalue weighted by molar-refractivity contribution is 7.98. The van der Waals surface area contributed by atoms with Gasteiger partial charge in [-0.3, -0.25) is 9.59 Å². The van der Waals surface area contributed by atoms with E-state index in [-0.39, 0.29) is 11.3 Å². The lowest BCUT2D eigenvalue weighted by Crippen LogP contribution is -2.19. The van der Waals surface area contributed by atoms with Crippen LogP contribution in [-0.4, -0.2) is 15.9 Å². The highest BCUT2D eigenvalue weighted by Gasteiger charge is 2.06. The van der Waals surface area contributed by atoms with Gasteiger partial charge in [0.1, 0.15) is 5.69 Å². The van der Waals surface area contributed by atoms with Gasteiger partial charge in [0, 0.05) is 11.8 Å². The van der Waals surface area contributed by atoms with Crippen LogP contribution in [0.1, 0.15) is 16.1 Å². The number of H-pyrrole nitrogens is 1. The zero-order valence-electron chi connectivity index (χ0n) is 9.42. The van der Waals surface area contributed by atoms with Gasteiger partial charge in [0.15, 0.2) is 5.16 Å². The quantitative estimate of drug-likeness (QED) is 0.638. The van der Waals surface area contributed by atoms with Crippen LogP contribution in [-0.2, 0) is 5.75 Å². The number of amides is 1. The zero-order valence-corrected chi connectivity index (χ0v) is 10.2. The lowest BCUT2D eigenvalue weighted by molar-refractivity contribution is 0.0994. The third-order valence-electron chi connectivity index (χ3n) is 2.19. The number of primary amides is 1. The van der Waals surface area contributed by atoms with Gasteiger partial charge in [0.2, 0.25) is 0 Å². The molecule has 2 rings (SSSR count). The molecule has 1 aromatic heterocycles. The van der Waals surface area contributed by atoms with E-state index in [9.17, 15) is 9.59 Å². The second-order valence-corrected chi connectivity index (χ2v) is 4.54. The van der Waals surface area contributed by atoms with E-state index >= 15 is 0 Å². The fraction of sp³-hybridized carbons (Fsp3) is 0.0833. The Labute approximate surface area is 107 Å². The molecular formula is C12H11N3O2S. The number of benzene rings is 1. The van der Waals surface area contributed by atoms with E-state index in [1.54, 1.807) is 0 Å². The van der Waals surface area contributed by atoms with E-state index in [0.717, 1.165) is 11.6 Å². The van der Waals surface area contributed by atoms with Crippen molar-refractivity contribution in [3.8, 4) is 0 Å². The SMILES string of the molecule is NC(=O)c1cc(=O)[nH]c(SCc2ccccc2)n1. The normalized spacial score (nSPS) is 10.2. The monoisotopic (exact) mass is 261 g/mol. The first kappa shape index (κ1) is 12.4. The van der Waals surface area contributed by atoms with Gasteiger partial charge < -0.3 is 10.7 Å². The summed E-state index contributed by atoms with van der Waals surface area (Å²) in [4.78, 5) is 28.8. The van der Waals surface area contributed by atoms with E-state index in [0.29, 0.717) is 10.9 Å². The van der Waals surface area contributed by atoms with Crippen LogP contribution >= 0.6 is 11.8 Å². The summed E-state index contributed by atoms with van der Waals surface area (Å²) in [5.74, 6) is -0.0471. The predicted octanol–water partition coefficient (Wildman–Crippen LogP) is 1.16. The van der Waals surface area contributed by atoms with Gasteiger partial charge in [-0.05, 0) is 5.56 Å². The van der Waals surface area contributed by atoms with Crippen molar-refractivity contribution in [1.29, 1.82) is 0 Å². The lowest BCUT2D eigenvalue weighted by atomic mass is 10.2. The highest BCUT2D eigenvalue weighted by Crippen LogP contribution is 2.17. The van der Waals surface area contributed by atoms with Gasteiger partial charge in [-0.1, -0.05) is 42.1 Å². The maximum atomic E-state index is 11.3. The van der Waals surface area contributed by atoms with Crippen LogP contribution in [0.15, 0.2) is 46.3 Å². The Morgan fingerprint density at radius 3 is 2.72 bits per heavy atom. The number of hydrogen-bond acceptors (Lipinski definition) is 4. The molecule has 1 amide bonds. The molecule has 0 saturated carbocycles. The number of nitrogens with zero attached hydrogens (tertiary/aromatic N) is 1. The van der Waals surface area contributed by atoms with E-state index in [4.69, 9.17) is 5.73 Å². The number of carbonyl (C=O) groups is 1. The molecular weight excluding hydrogens is 250 g/mol. The molecule has 3 N–H and O–H groups in total. The second-order valence-electron chi connectivity index (χ2n) is 3.57. The minimum absolute atomic E-state index is 0.0192. The number of hydrogen-bond donors (Lipinski definition) is 2. The first-order valence-electron chi connectivity index (χ1n) is 5.23. The van der Waals surface area contributed by atoms with Crippen molar-refractivity contribution < 1.29 is 4.79 Å². The summed E-state index contributed by atoms with van der Waals surface area (Å²) in [6.45, 7) is 0. The number of thioether (sulfide) groups is 1. The highest BCUT2D eigenvalue weighted by atomic mass is 32.2. The van der Waals surface area contributed by atoms with Crippen LogP contribution in [0.2, 0.25) is 0 Å². The topological polar surface area (TPSA) is 88.8 Å². The Bertz CT molecular complexity index is 610. The first-order valence-corrected chi connectivity index (χ1v) is 6.21. The molecule has 0 spiro atoms. The number of nitrogens with two attached hydrogens (primary N) is 1. The van der Waals surface area contributed by atoms with E-state index < -0.39 is 5.91 Å². The summed E-state index contributed by atoms with van der Waals surface area (Å²) in [6, 6.07) is 10.8. The van der Waals surface area contributed by atoms with Crippen LogP contribution in [0.3, 0.4) is 0 Å². The number of aromatic nitrogens is 2. The van der Waals surface area contributed by atoms with Crippen LogP contribution in [0.5, 0.6) is 0 Å². The number of rotatable bonds is 4. The van der Waals surface area contributed by atoms with Gasteiger partial charge in [0.25, 0.3) is 11.5 Å². The molecule has 18 heavy (non-hydrogen) atoms. The molecule has 5 nitrogen and oxygen atoms in total. The van der Waals surface area contributed by atoms with Crippen molar-refractivity contribution in [3.05, 3.63) is 58.0 Å². The molecule has 0 aliphatic heterocycles. The average Bonchev–Trinajstić information content (AvgIpc) is 2.37. The molecule has 0 unspecified atom stereocenters. The van der Waals surface area contributed by atoms with Gasteiger partial charge >= 0.3 is 0 Å². The Balaban J connectivity index is 2.15. The maximum absolute atomic E-state index is 11.3. The van der Waals surface area contributed by atoms with E-state index in [1.807, 2.05) is 30.3 Å². The molecule has 0 aliphatic rings. The fourth-order valence-electron chi connectivity index (χ4n) is 1.36. The number of nitrogens with one attached hydrogen (secondary N) is 1. The van der Waals surface area contributed by atoms with Crippen molar-refractivity contribution in [3.63, 3.8) is 0 Å².